The second kappa shape index (κ2) is 6.03. The van der Waals surface area contributed by atoms with E-state index in [-0.39, 0.29) is 24.5 Å². The molecule has 0 fully saturated rings. The van der Waals surface area contributed by atoms with Crippen molar-refractivity contribution in [1.29, 1.82) is 0 Å². The molecule has 94 valence electrons. The average molecular weight is 256 g/mol. The van der Waals surface area contributed by atoms with Gasteiger partial charge in [-0.1, -0.05) is 30.7 Å². The zero-order chi connectivity index (χ0) is 13.0. The number of amides is 1. The molecule has 1 aromatic rings. The molecular weight excluding hydrogens is 238 g/mol. The minimum absolute atomic E-state index is 0.0162. The first-order valence-corrected chi connectivity index (χ1v) is 6.02. The zero-order valence-corrected chi connectivity index (χ0v) is 11.1. The van der Waals surface area contributed by atoms with Gasteiger partial charge >= 0.3 is 0 Å². The number of rotatable bonds is 4. The molecule has 4 heteroatoms. The number of aliphatic hydroxyl groups excluding tert-OH is 1. The van der Waals surface area contributed by atoms with E-state index in [9.17, 15) is 4.79 Å². The van der Waals surface area contributed by atoms with Gasteiger partial charge in [-0.3, -0.25) is 4.79 Å². The summed E-state index contributed by atoms with van der Waals surface area (Å²) in [6, 6.07) is 5.26. The maximum Gasteiger partial charge on any atom is 0.253 e. The lowest BCUT2D eigenvalue weighted by molar-refractivity contribution is 0.0916. The number of carbonyl (C=O) groups is 1. The molecule has 0 spiro atoms. The van der Waals surface area contributed by atoms with Crippen LogP contribution in [0.1, 0.15) is 29.8 Å². The lowest BCUT2D eigenvalue weighted by Gasteiger charge is -2.19. The molecule has 2 N–H and O–H groups in total. The van der Waals surface area contributed by atoms with Gasteiger partial charge in [-0.2, -0.15) is 0 Å². The van der Waals surface area contributed by atoms with Crippen LogP contribution < -0.4 is 5.32 Å². The molecule has 0 radical (unpaired) electrons. The molecule has 0 saturated heterocycles. The summed E-state index contributed by atoms with van der Waals surface area (Å²) in [7, 11) is 0. The first-order chi connectivity index (χ1) is 7.97. The Morgan fingerprint density at radius 1 is 1.47 bits per heavy atom. The molecule has 0 aliphatic rings. The van der Waals surface area contributed by atoms with Gasteiger partial charge in [-0.15, -0.1) is 0 Å². The molecule has 0 saturated carbocycles. The summed E-state index contributed by atoms with van der Waals surface area (Å²) >= 11 is 6.07. The summed E-state index contributed by atoms with van der Waals surface area (Å²) in [5.41, 5.74) is 1.35. The van der Waals surface area contributed by atoms with E-state index in [0.717, 1.165) is 5.56 Å². The monoisotopic (exact) mass is 255 g/mol. The number of carbonyl (C=O) groups excluding carboxylic acids is 1. The Morgan fingerprint density at radius 2 is 2.12 bits per heavy atom. The number of aliphatic hydroxyl groups is 1. The fourth-order valence-corrected chi connectivity index (χ4v) is 1.62. The van der Waals surface area contributed by atoms with Crippen LogP contribution in [0.3, 0.4) is 0 Å². The molecule has 0 aromatic heterocycles. The van der Waals surface area contributed by atoms with E-state index in [0.29, 0.717) is 10.6 Å². The SMILES string of the molecule is Cc1cccc(C(=O)NC(C)C(C)CO)c1Cl. The Hall–Kier alpha value is -1.06. The highest BCUT2D eigenvalue weighted by molar-refractivity contribution is 6.34. The minimum Gasteiger partial charge on any atom is -0.396 e. The predicted molar refractivity (Wildman–Crippen MR) is 69.4 cm³/mol. The minimum atomic E-state index is -0.202. The van der Waals surface area contributed by atoms with Crippen molar-refractivity contribution in [3.63, 3.8) is 0 Å². The zero-order valence-electron chi connectivity index (χ0n) is 10.3. The van der Waals surface area contributed by atoms with Gasteiger partial charge in [-0.05, 0) is 31.4 Å². The topological polar surface area (TPSA) is 49.3 Å². The Labute approximate surface area is 107 Å². The van der Waals surface area contributed by atoms with Gasteiger partial charge in [0.05, 0.1) is 10.6 Å². The molecule has 0 aliphatic carbocycles. The molecule has 1 amide bonds. The molecule has 0 bridgehead atoms. The van der Waals surface area contributed by atoms with Gasteiger partial charge in [0.15, 0.2) is 0 Å². The highest BCUT2D eigenvalue weighted by Crippen LogP contribution is 2.20. The first kappa shape index (κ1) is 14.0. The molecule has 1 aromatic carbocycles. The van der Waals surface area contributed by atoms with Gasteiger partial charge < -0.3 is 10.4 Å². The van der Waals surface area contributed by atoms with Gasteiger partial charge in [0, 0.05) is 12.6 Å². The Morgan fingerprint density at radius 3 is 2.71 bits per heavy atom. The molecule has 2 atom stereocenters. The normalized spacial score (nSPS) is 14.2. The number of hydrogen-bond acceptors (Lipinski definition) is 2. The van der Waals surface area contributed by atoms with Crippen LogP contribution in [-0.4, -0.2) is 23.7 Å². The fraction of sp³-hybridized carbons (Fsp3) is 0.462. The summed E-state index contributed by atoms with van der Waals surface area (Å²) in [4.78, 5) is 12.0. The molecule has 1 rings (SSSR count). The molecule has 0 aliphatic heterocycles. The van der Waals surface area contributed by atoms with Crippen LogP contribution in [0.4, 0.5) is 0 Å². The van der Waals surface area contributed by atoms with E-state index in [2.05, 4.69) is 5.32 Å². The Balaban J connectivity index is 2.80. The number of halogens is 1. The third-order valence-electron chi connectivity index (χ3n) is 2.94. The second-order valence-corrected chi connectivity index (χ2v) is 4.74. The molecule has 3 nitrogen and oxygen atoms in total. The van der Waals surface area contributed by atoms with E-state index in [1.807, 2.05) is 26.8 Å². The van der Waals surface area contributed by atoms with E-state index in [4.69, 9.17) is 16.7 Å². The van der Waals surface area contributed by atoms with Crippen LogP contribution in [0.25, 0.3) is 0 Å². The van der Waals surface area contributed by atoms with Crippen LogP contribution in [0.2, 0.25) is 5.02 Å². The quantitative estimate of drug-likeness (QED) is 0.868. The fourth-order valence-electron chi connectivity index (χ4n) is 1.41. The van der Waals surface area contributed by atoms with Crippen molar-refractivity contribution >= 4 is 17.5 Å². The van der Waals surface area contributed by atoms with Gasteiger partial charge in [0.25, 0.3) is 5.91 Å². The van der Waals surface area contributed by atoms with Crippen molar-refractivity contribution in [1.82, 2.24) is 5.32 Å². The van der Waals surface area contributed by atoms with E-state index >= 15 is 0 Å². The van der Waals surface area contributed by atoms with Crippen molar-refractivity contribution in [3.8, 4) is 0 Å². The number of benzene rings is 1. The van der Waals surface area contributed by atoms with Gasteiger partial charge in [-0.25, -0.2) is 0 Å². The van der Waals surface area contributed by atoms with E-state index < -0.39 is 0 Å². The lowest BCUT2D eigenvalue weighted by atomic mass is 10.0. The Kier molecular flexibility index (Phi) is 4.97. The molecule has 2 unspecified atom stereocenters. The van der Waals surface area contributed by atoms with Crippen LogP contribution in [0.5, 0.6) is 0 Å². The van der Waals surface area contributed by atoms with Crippen molar-refractivity contribution in [2.24, 2.45) is 5.92 Å². The average Bonchev–Trinajstić information content (AvgIpc) is 2.31. The summed E-state index contributed by atoms with van der Waals surface area (Å²) in [6.07, 6.45) is 0. The van der Waals surface area contributed by atoms with Crippen molar-refractivity contribution in [2.45, 2.75) is 26.8 Å². The largest absolute Gasteiger partial charge is 0.396 e. The second-order valence-electron chi connectivity index (χ2n) is 4.36. The summed E-state index contributed by atoms with van der Waals surface area (Å²) in [6.45, 7) is 5.65. The lowest BCUT2D eigenvalue weighted by Crippen LogP contribution is -2.38. The molecule has 0 heterocycles. The predicted octanol–water partition coefficient (Wildman–Crippen LogP) is 2.40. The third kappa shape index (κ3) is 3.45. The number of hydrogen-bond donors (Lipinski definition) is 2. The standard InChI is InChI=1S/C13H18ClNO2/c1-8-5-4-6-11(12(8)14)13(17)15-10(3)9(2)7-16/h4-6,9-10,16H,7H2,1-3H3,(H,15,17). The molecule has 17 heavy (non-hydrogen) atoms. The molecular formula is C13H18ClNO2. The van der Waals surface area contributed by atoms with Gasteiger partial charge in [0.1, 0.15) is 0 Å². The first-order valence-electron chi connectivity index (χ1n) is 5.64. The van der Waals surface area contributed by atoms with Crippen molar-refractivity contribution in [3.05, 3.63) is 34.3 Å². The van der Waals surface area contributed by atoms with Crippen LogP contribution >= 0.6 is 11.6 Å². The Bertz CT molecular complexity index is 406. The summed E-state index contributed by atoms with van der Waals surface area (Å²) in [5.74, 6) is -0.186. The van der Waals surface area contributed by atoms with Crippen molar-refractivity contribution < 1.29 is 9.90 Å². The van der Waals surface area contributed by atoms with Crippen LogP contribution in [0.15, 0.2) is 18.2 Å². The van der Waals surface area contributed by atoms with Gasteiger partial charge in [0.2, 0.25) is 0 Å². The van der Waals surface area contributed by atoms with Crippen molar-refractivity contribution in [2.75, 3.05) is 6.61 Å². The number of aryl methyl sites for hydroxylation is 1. The summed E-state index contributed by atoms with van der Waals surface area (Å²) in [5, 5.41) is 12.3. The maximum atomic E-state index is 12.0. The van der Waals surface area contributed by atoms with Crippen LogP contribution in [0, 0.1) is 12.8 Å². The summed E-state index contributed by atoms with van der Waals surface area (Å²) < 4.78 is 0. The number of nitrogens with one attached hydrogen (secondary N) is 1. The highest BCUT2D eigenvalue weighted by Gasteiger charge is 2.17. The highest BCUT2D eigenvalue weighted by atomic mass is 35.5. The van der Waals surface area contributed by atoms with E-state index in [1.165, 1.54) is 0 Å². The van der Waals surface area contributed by atoms with E-state index in [1.54, 1.807) is 12.1 Å². The smallest absolute Gasteiger partial charge is 0.253 e. The third-order valence-corrected chi connectivity index (χ3v) is 3.44. The van der Waals surface area contributed by atoms with Crippen LogP contribution in [-0.2, 0) is 0 Å². The maximum absolute atomic E-state index is 12.0.